The standard InChI is InChI=1S/C15H10Cl2F3NO/c16-12-6-3-10(7-13(12)17)14(22)21-8-9-1-4-11(5-2-9)15(18,19)20/h1-7H,8H2,(H,21,22). The molecule has 0 saturated carbocycles. The fourth-order valence-electron chi connectivity index (χ4n) is 1.73. The Morgan fingerprint density at radius 1 is 1.00 bits per heavy atom. The summed E-state index contributed by atoms with van der Waals surface area (Å²) < 4.78 is 37.3. The molecular formula is C15H10Cl2F3NO. The van der Waals surface area contributed by atoms with E-state index in [9.17, 15) is 18.0 Å². The minimum Gasteiger partial charge on any atom is -0.348 e. The van der Waals surface area contributed by atoms with Crippen molar-refractivity contribution in [3.05, 3.63) is 69.2 Å². The first-order valence-corrected chi connectivity index (χ1v) is 6.92. The fraction of sp³-hybridized carbons (Fsp3) is 0.133. The Balaban J connectivity index is 2.00. The molecule has 1 amide bonds. The van der Waals surface area contributed by atoms with Gasteiger partial charge in [-0.3, -0.25) is 4.79 Å². The van der Waals surface area contributed by atoms with Gasteiger partial charge in [0.2, 0.25) is 0 Å². The Kier molecular flexibility index (Phi) is 4.98. The average molecular weight is 348 g/mol. The van der Waals surface area contributed by atoms with Gasteiger partial charge in [0.25, 0.3) is 5.91 Å². The third-order valence-electron chi connectivity index (χ3n) is 2.92. The molecule has 0 heterocycles. The Morgan fingerprint density at radius 3 is 2.18 bits per heavy atom. The van der Waals surface area contributed by atoms with Crippen LogP contribution in [-0.4, -0.2) is 5.91 Å². The molecule has 1 N–H and O–H groups in total. The highest BCUT2D eigenvalue weighted by molar-refractivity contribution is 6.42. The number of amides is 1. The van der Waals surface area contributed by atoms with Crippen LogP contribution in [0.1, 0.15) is 21.5 Å². The van der Waals surface area contributed by atoms with Crippen LogP contribution in [0.25, 0.3) is 0 Å². The van der Waals surface area contributed by atoms with Gasteiger partial charge in [-0.2, -0.15) is 13.2 Å². The summed E-state index contributed by atoms with van der Waals surface area (Å²) >= 11 is 11.6. The van der Waals surface area contributed by atoms with Gasteiger partial charge >= 0.3 is 6.18 Å². The van der Waals surface area contributed by atoms with Crippen LogP contribution >= 0.6 is 23.2 Å². The zero-order valence-corrected chi connectivity index (χ0v) is 12.6. The largest absolute Gasteiger partial charge is 0.416 e. The van der Waals surface area contributed by atoms with Crippen LogP contribution in [0.5, 0.6) is 0 Å². The Hall–Kier alpha value is -1.72. The van der Waals surface area contributed by atoms with Crippen LogP contribution in [-0.2, 0) is 12.7 Å². The number of hydrogen-bond acceptors (Lipinski definition) is 1. The lowest BCUT2D eigenvalue weighted by Crippen LogP contribution is -2.22. The molecule has 0 fully saturated rings. The summed E-state index contributed by atoms with van der Waals surface area (Å²) in [6.45, 7) is 0.108. The van der Waals surface area contributed by atoms with Crippen molar-refractivity contribution in [1.29, 1.82) is 0 Å². The topological polar surface area (TPSA) is 29.1 Å². The molecule has 0 aromatic heterocycles. The van der Waals surface area contributed by atoms with Gasteiger partial charge < -0.3 is 5.32 Å². The predicted octanol–water partition coefficient (Wildman–Crippen LogP) is 4.94. The number of alkyl halides is 3. The van der Waals surface area contributed by atoms with Crippen molar-refractivity contribution >= 4 is 29.1 Å². The van der Waals surface area contributed by atoms with E-state index in [4.69, 9.17) is 23.2 Å². The highest BCUT2D eigenvalue weighted by Gasteiger charge is 2.29. The summed E-state index contributed by atoms with van der Waals surface area (Å²) in [5.74, 6) is -0.390. The first-order chi connectivity index (χ1) is 10.3. The van der Waals surface area contributed by atoms with E-state index < -0.39 is 17.6 Å². The number of hydrogen-bond donors (Lipinski definition) is 1. The molecule has 116 valence electrons. The number of carbonyl (C=O) groups excluding carboxylic acids is 1. The van der Waals surface area contributed by atoms with E-state index in [0.29, 0.717) is 16.1 Å². The number of carbonyl (C=O) groups is 1. The van der Waals surface area contributed by atoms with Crippen molar-refractivity contribution in [3.8, 4) is 0 Å². The molecule has 0 spiro atoms. The van der Waals surface area contributed by atoms with E-state index >= 15 is 0 Å². The lowest BCUT2D eigenvalue weighted by molar-refractivity contribution is -0.137. The van der Waals surface area contributed by atoms with Crippen molar-refractivity contribution in [2.75, 3.05) is 0 Å². The highest BCUT2D eigenvalue weighted by Crippen LogP contribution is 2.29. The van der Waals surface area contributed by atoms with Gasteiger partial charge in [-0.1, -0.05) is 35.3 Å². The van der Waals surface area contributed by atoms with Gasteiger partial charge in [0.15, 0.2) is 0 Å². The molecule has 2 aromatic rings. The summed E-state index contributed by atoms with van der Waals surface area (Å²) in [4.78, 5) is 11.9. The second-order valence-corrected chi connectivity index (χ2v) is 5.32. The summed E-state index contributed by atoms with van der Waals surface area (Å²) in [6, 6.07) is 9.01. The van der Waals surface area contributed by atoms with E-state index in [2.05, 4.69) is 5.32 Å². The molecule has 0 saturated heterocycles. The van der Waals surface area contributed by atoms with E-state index in [1.165, 1.54) is 30.3 Å². The zero-order chi connectivity index (χ0) is 16.3. The molecule has 7 heteroatoms. The minimum atomic E-state index is -4.37. The van der Waals surface area contributed by atoms with Crippen molar-refractivity contribution in [2.24, 2.45) is 0 Å². The van der Waals surface area contributed by atoms with Gasteiger partial charge in [0, 0.05) is 12.1 Å². The van der Waals surface area contributed by atoms with E-state index in [1.807, 2.05) is 0 Å². The molecule has 0 radical (unpaired) electrons. The maximum atomic E-state index is 12.4. The average Bonchev–Trinajstić information content (AvgIpc) is 2.47. The number of benzene rings is 2. The van der Waals surface area contributed by atoms with Crippen molar-refractivity contribution < 1.29 is 18.0 Å². The van der Waals surface area contributed by atoms with Gasteiger partial charge in [0.1, 0.15) is 0 Å². The quantitative estimate of drug-likeness (QED) is 0.836. The molecule has 0 unspecified atom stereocenters. The first kappa shape index (κ1) is 16.6. The third kappa shape index (κ3) is 4.15. The first-order valence-electron chi connectivity index (χ1n) is 6.17. The molecule has 2 nitrogen and oxygen atoms in total. The van der Waals surface area contributed by atoms with Gasteiger partial charge in [-0.05, 0) is 35.9 Å². The maximum Gasteiger partial charge on any atom is 0.416 e. The van der Waals surface area contributed by atoms with Crippen LogP contribution in [0.3, 0.4) is 0 Å². The van der Waals surface area contributed by atoms with Gasteiger partial charge in [-0.15, -0.1) is 0 Å². The van der Waals surface area contributed by atoms with E-state index in [0.717, 1.165) is 12.1 Å². The number of halogens is 5. The molecule has 0 bridgehead atoms. The van der Waals surface area contributed by atoms with Gasteiger partial charge in [-0.25, -0.2) is 0 Å². The molecule has 0 aliphatic rings. The normalized spacial score (nSPS) is 11.3. The Labute approximate surface area is 134 Å². The van der Waals surface area contributed by atoms with Crippen LogP contribution in [0.4, 0.5) is 13.2 Å². The van der Waals surface area contributed by atoms with Crippen LogP contribution < -0.4 is 5.32 Å². The third-order valence-corrected chi connectivity index (χ3v) is 3.66. The summed E-state index contributed by atoms with van der Waals surface area (Å²) in [7, 11) is 0. The number of rotatable bonds is 3. The van der Waals surface area contributed by atoms with E-state index in [1.54, 1.807) is 0 Å². The number of nitrogens with one attached hydrogen (secondary N) is 1. The molecule has 0 aliphatic carbocycles. The second-order valence-electron chi connectivity index (χ2n) is 4.51. The highest BCUT2D eigenvalue weighted by atomic mass is 35.5. The summed E-state index contributed by atoms with van der Waals surface area (Å²) in [5.41, 5.74) is 0.148. The molecule has 22 heavy (non-hydrogen) atoms. The summed E-state index contributed by atoms with van der Waals surface area (Å²) in [5, 5.41) is 3.19. The van der Waals surface area contributed by atoms with Crippen LogP contribution in [0, 0.1) is 0 Å². The predicted molar refractivity (Wildman–Crippen MR) is 79.1 cm³/mol. The maximum absolute atomic E-state index is 12.4. The Morgan fingerprint density at radius 2 is 1.64 bits per heavy atom. The lowest BCUT2D eigenvalue weighted by atomic mass is 10.1. The summed E-state index contributed by atoms with van der Waals surface area (Å²) in [6.07, 6.45) is -4.37. The molecular weight excluding hydrogens is 338 g/mol. The molecule has 2 aromatic carbocycles. The fourth-order valence-corrected chi connectivity index (χ4v) is 2.03. The van der Waals surface area contributed by atoms with Crippen molar-refractivity contribution in [3.63, 3.8) is 0 Å². The lowest BCUT2D eigenvalue weighted by Gasteiger charge is -2.09. The zero-order valence-electron chi connectivity index (χ0n) is 11.0. The molecule has 2 rings (SSSR count). The van der Waals surface area contributed by atoms with Gasteiger partial charge in [0.05, 0.1) is 15.6 Å². The van der Waals surface area contributed by atoms with Crippen molar-refractivity contribution in [1.82, 2.24) is 5.32 Å². The van der Waals surface area contributed by atoms with Crippen LogP contribution in [0.15, 0.2) is 42.5 Å². The Bertz CT molecular complexity index is 684. The smallest absolute Gasteiger partial charge is 0.348 e. The van der Waals surface area contributed by atoms with E-state index in [-0.39, 0.29) is 11.6 Å². The SMILES string of the molecule is O=C(NCc1ccc(C(F)(F)F)cc1)c1ccc(Cl)c(Cl)c1. The molecule has 0 aliphatic heterocycles. The van der Waals surface area contributed by atoms with Crippen LogP contribution in [0.2, 0.25) is 10.0 Å². The van der Waals surface area contributed by atoms with Crippen molar-refractivity contribution in [2.45, 2.75) is 12.7 Å². The molecule has 0 atom stereocenters. The minimum absolute atomic E-state index is 0.108. The second kappa shape index (κ2) is 6.58. The monoisotopic (exact) mass is 347 g/mol.